The van der Waals surface area contributed by atoms with Crippen molar-refractivity contribution in [3.63, 3.8) is 0 Å². The molecule has 148 valence electrons. The van der Waals surface area contributed by atoms with Gasteiger partial charge in [0.1, 0.15) is 5.82 Å². The first kappa shape index (κ1) is 21.3. The van der Waals surface area contributed by atoms with E-state index in [2.05, 4.69) is 23.9 Å². The predicted octanol–water partition coefficient (Wildman–Crippen LogP) is 2.73. The summed E-state index contributed by atoms with van der Waals surface area (Å²) >= 11 is 0. The van der Waals surface area contributed by atoms with Gasteiger partial charge in [-0.05, 0) is 76.6 Å². The van der Waals surface area contributed by atoms with Gasteiger partial charge in [-0.25, -0.2) is 17.5 Å². The van der Waals surface area contributed by atoms with Gasteiger partial charge in [-0.1, -0.05) is 12.1 Å². The zero-order chi connectivity index (χ0) is 19.4. The highest BCUT2D eigenvalue weighted by molar-refractivity contribution is 7.90. The third-order valence-corrected chi connectivity index (χ3v) is 7.24. The Hall–Kier alpha value is -1.02. The van der Waals surface area contributed by atoms with Crippen LogP contribution in [0.5, 0.6) is 0 Å². The average Bonchev–Trinajstić information content (AvgIpc) is 2.60. The minimum Gasteiger partial charge on any atom is -0.387 e. The number of β-amino-alcohol motifs (C(OH)–C–C–N with tert-alkyl or cyclic N) is 1. The normalized spacial score (nSPS) is 23.0. The molecule has 1 saturated carbocycles. The van der Waals surface area contributed by atoms with E-state index in [0.717, 1.165) is 19.3 Å². The smallest absolute Gasteiger partial charge is 0.214 e. The summed E-state index contributed by atoms with van der Waals surface area (Å²) < 4.78 is 39.5. The first-order valence-corrected chi connectivity index (χ1v) is 10.8. The van der Waals surface area contributed by atoms with Crippen LogP contribution in [0.2, 0.25) is 0 Å². The van der Waals surface area contributed by atoms with E-state index in [0.29, 0.717) is 30.9 Å². The van der Waals surface area contributed by atoms with Gasteiger partial charge >= 0.3 is 0 Å². The van der Waals surface area contributed by atoms with Crippen LogP contribution in [-0.2, 0) is 10.0 Å². The summed E-state index contributed by atoms with van der Waals surface area (Å²) in [7, 11) is -1.70. The van der Waals surface area contributed by atoms with Crippen molar-refractivity contribution in [3.8, 4) is 0 Å². The molecular weight excluding hydrogens is 355 g/mol. The lowest BCUT2D eigenvalue weighted by Gasteiger charge is -2.35. The largest absolute Gasteiger partial charge is 0.387 e. The fraction of sp³-hybridized carbons (Fsp3) is 0.684. The molecule has 0 amide bonds. The molecule has 0 saturated heterocycles. The Morgan fingerprint density at radius 2 is 1.92 bits per heavy atom. The maximum Gasteiger partial charge on any atom is 0.214 e. The lowest BCUT2D eigenvalue weighted by Crippen LogP contribution is -2.44. The molecule has 0 spiro atoms. The van der Waals surface area contributed by atoms with E-state index in [-0.39, 0.29) is 16.6 Å². The zero-order valence-corrected chi connectivity index (χ0v) is 16.7. The third-order valence-electron chi connectivity index (χ3n) is 5.32. The molecule has 0 radical (unpaired) electrons. The Kier molecular flexibility index (Phi) is 7.19. The summed E-state index contributed by atoms with van der Waals surface area (Å²) in [6, 6.07) is 6.02. The second-order valence-electron chi connectivity index (χ2n) is 7.93. The molecule has 1 aliphatic carbocycles. The molecule has 1 fully saturated rings. The van der Waals surface area contributed by atoms with E-state index >= 15 is 0 Å². The molecule has 0 aromatic heterocycles. The Labute approximate surface area is 156 Å². The van der Waals surface area contributed by atoms with Gasteiger partial charge in [0.2, 0.25) is 10.0 Å². The standard InChI is InChI=1S/C19H31FN2O3S/c1-19(2,22-13-18(23)15-5-4-6-16(20)11-15)12-14-7-9-17(10-8-14)26(24,25)21-3/h4-6,11,14,17-18,21-23H,7-10,12-13H2,1-3H3. The number of aliphatic hydroxyl groups is 1. The first-order chi connectivity index (χ1) is 12.1. The summed E-state index contributed by atoms with van der Waals surface area (Å²) in [5, 5.41) is 13.4. The molecular formula is C19H31FN2O3S. The second-order valence-corrected chi connectivity index (χ2v) is 10.1. The fourth-order valence-electron chi connectivity index (χ4n) is 3.81. The van der Waals surface area contributed by atoms with Crippen molar-refractivity contribution < 1.29 is 17.9 Å². The monoisotopic (exact) mass is 386 g/mol. The van der Waals surface area contributed by atoms with Gasteiger partial charge in [-0.2, -0.15) is 0 Å². The van der Waals surface area contributed by atoms with E-state index < -0.39 is 16.1 Å². The van der Waals surface area contributed by atoms with Crippen LogP contribution in [0.1, 0.15) is 57.6 Å². The first-order valence-electron chi connectivity index (χ1n) is 9.24. The van der Waals surface area contributed by atoms with Crippen molar-refractivity contribution in [2.75, 3.05) is 13.6 Å². The number of sulfonamides is 1. The van der Waals surface area contributed by atoms with Gasteiger partial charge in [0.25, 0.3) is 0 Å². The van der Waals surface area contributed by atoms with Crippen LogP contribution >= 0.6 is 0 Å². The molecule has 26 heavy (non-hydrogen) atoms. The Bertz CT molecular complexity index is 686. The molecule has 0 aliphatic heterocycles. The van der Waals surface area contributed by atoms with Crippen LogP contribution in [0.3, 0.4) is 0 Å². The lowest BCUT2D eigenvalue weighted by molar-refractivity contribution is 0.151. The van der Waals surface area contributed by atoms with Crippen molar-refractivity contribution in [1.29, 1.82) is 0 Å². The molecule has 1 aliphatic rings. The fourth-order valence-corrected chi connectivity index (χ4v) is 5.04. The summed E-state index contributed by atoms with van der Waals surface area (Å²) in [6.45, 7) is 4.52. The molecule has 3 N–H and O–H groups in total. The van der Waals surface area contributed by atoms with Crippen molar-refractivity contribution in [2.45, 2.75) is 62.8 Å². The van der Waals surface area contributed by atoms with Crippen LogP contribution in [0.4, 0.5) is 4.39 Å². The summed E-state index contributed by atoms with van der Waals surface area (Å²) in [5.74, 6) is 0.112. The highest BCUT2D eigenvalue weighted by Crippen LogP contribution is 2.33. The SMILES string of the molecule is CNS(=O)(=O)C1CCC(CC(C)(C)NCC(O)c2cccc(F)c2)CC1. The van der Waals surface area contributed by atoms with Crippen LogP contribution in [0.15, 0.2) is 24.3 Å². The summed E-state index contributed by atoms with van der Waals surface area (Å²) in [4.78, 5) is 0. The number of hydrogen-bond donors (Lipinski definition) is 3. The lowest BCUT2D eigenvalue weighted by atomic mass is 9.80. The van der Waals surface area contributed by atoms with Gasteiger partial charge in [0.15, 0.2) is 0 Å². The molecule has 1 atom stereocenters. The topological polar surface area (TPSA) is 78.4 Å². The highest BCUT2D eigenvalue weighted by Gasteiger charge is 2.32. The summed E-state index contributed by atoms with van der Waals surface area (Å²) in [5.41, 5.74) is 0.374. The van der Waals surface area contributed by atoms with E-state index in [1.54, 1.807) is 12.1 Å². The maximum atomic E-state index is 13.3. The van der Waals surface area contributed by atoms with Crippen molar-refractivity contribution in [2.24, 2.45) is 5.92 Å². The molecule has 1 unspecified atom stereocenters. The second kappa shape index (κ2) is 8.78. The molecule has 1 aromatic carbocycles. The number of hydrogen-bond acceptors (Lipinski definition) is 4. The number of halogens is 1. The Morgan fingerprint density at radius 1 is 1.27 bits per heavy atom. The number of rotatable bonds is 8. The van der Waals surface area contributed by atoms with E-state index in [1.807, 2.05) is 0 Å². The molecule has 0 bridgehead atoms. The average molecular weight is 387 g/mol. The van der Waals surface area contributed by atoms with Crippen LogP contribution in [0, 0.1) is 11.7 Å². The zero-order valence-electron chi connectivity index (χ0n) is 15.8. The van der Waals surface area contributed by atoms with E-state index in [4.69, 9.17) is 0 Å². The molecule has 2 rings (SSSR count). The predicted molar refractivity (Wildman–Crippen MR) is 102 cm³/mol. The minimum absolute atomic E-state index is 0.187. The minimum atomic E-state index is -3.17. The van der Waals surface area contributed by atoms with E-state index in [1.165, 1.54) is 19.2 Å². The van der Waals surface area contributed by atoms with Gasteiger partial charge in [0.05, 0.1) is 11.4 Å². The maximum absolute atomic E-state index is 13.3. The molecule has 0 heterocycles. The van der Waals surface area contributed by atoms with Crippen LogP contribution in [0.25, 0.3) is 0 Å². The summed E-state index contributed by atoms with van der Waals surface area (Å²) in [6.07, 6.45) is 3.31. The third kappa shape index (κ3) is 6.01. The molecule has 7 heteroatoms. The number of nitrogens with one attached hydrogen (secondary N) is 2. The van der Waals surface area contributed by atoms with Crippen LogP contribution in [-0.4, -0.2) is 37.9 Å². The van der Waals surface area contributed by atoms with Crippen LogP contribution < -0.4 is 10.0 Å². The van der Waals surface area contributed by atoms with Crippen molar-refractivity contribution >= 4 is 10.0 Å². The number of aliphatic hydroxyl groups excluding tert-OH is 1. The van der Waals surface area contributed by atoms with Gasteiger partial charge in [0, 0.05) is 12.1 Å². The van der Waals surface area contributed by atoms with Crippen molar-refractivity contribution in [1.82, 2.24) is 10.0 Å². The quantitative estimate of drug-likeness (QED) is 0.642. The van der Waals surface area contributed by atoms with Gasteiger partial charge in [-0.3, -0.25) is 0 Å². The highest BCUT2D eigenvalue weighted by atomic mass is 32.2. The molecule has 1 aromatic rings. The van der Waals surface area contributed by atoms with Crippen molar-refractivity contribution in [3.05, 3.63) is 35.6 Å². The van der Waals surface area contributed by atoms with E-state index in [9.17, 15) is 17.9 Å². The Balaban J connectivity index is 1.82. The number of benzene rings is 1. The molecule has 5 nitrogen and oxygen atoms in total. The Morgan fingerprint density at radius 3 is 2.50 bits per heavy atom. The van der Waals surface area contributed by atoms with Gasteiger partial charge < -0.3 is 10.4 Å². The van der Waals surface area contributed by atoms with Gasteiger partial charge in [-0.15, -0.1) is 0 Å².